The van der Waals surface area contributed by atoms with Crippen molar-refractivity contribution in [3.8, 4) is 23.0 Å². The molecule has 0 aliphatic carbocycles. The van der Waals surface area contributed by atoms with Crippen LogP contribution in [0, 0.1) is 11.8 Å². The van der Waals surface area contributed by atoms with Crippen LogP contribution in [0.2, 0.25) is 0 Å². The van der Waals surface area contributed by atoms with Gasteiger partial charge in [0.25, 0.3) is 0 Å². The number of carbonyl (C=O) groups excluding carboxylic acids is 1. The van der Waals surface area contributed by atoms with Crippen LogP contribution in [0.1, 0.15) is 17.5 Å². The van der Waals surface area contributed by atoms with Crippen LogP contribution in [0.4, 0.5) is 0 Å². The highest BCUT2D eigenvalue weighted by molar-refractivity contribution is 5.94. The number of benzene rings is 3. The molecule has 0 bridgehead atoms. The van der Waals surface area contributed by atoms with E-state index in [2.05, 4.69) is 24.0 Å². The summed E-state index contributed by atoms with van der Waals surface area (Å²) >= 11 is 0. The predicted octanol–water partition coefficient (Wildman–Crippen LogP) is 5.35. The van der Waals surface area contributed by atoms with Crippen molar-refractivity contribution in [3.63, 3.8) is 0 Å². The molecule has 0 fully saturated rings. The summed E-state index contributed by atoms with van der Waals surface area (Å²) in [6.07, 6.45) is 2.17. The molecule has 132 valence electrons. The minimum absolute atomic E-state index is 0.335. The Morgan fingerprint density at radius 3 is 2.07 bits per heavy atom. The zero-order valence-corrected chi connectivity index (χ0v) is 15.2. The molecule has 3 aromatic rings. The van der Waals surface area contributed by atoms with Gasteiger partial charge in [-0.1, -0.05) is 84.6 Å². The second-order valence-electron chi connectivity index (χ2n) is 5.99. The average molecular weight is 352 g/mol. The molecule has 2 nitrogen and oxygen atoms in total. The normalized spacial score (nSPS) is 10.6. The van der Waals surface area contributed by atoms with Crippen LogP contribution in [0.3, 0.4) is 0 Å². The van der Waals surface area contributed by atoms with Gasteiger partial charge in [-0.3, -0.25) is 0 Å². The quantitative estimate of drug-likeness (QED) is 0.359. The molecular weight excluding hydrogens is 332 g/mol. The molecule has 0 amide bonds. The van der Waals surface area contributed by atoms with Crippen molar-refractivity contribution in [1.82, 2.24) is 0 Å². The van der Waals surface area contributed by atoms with Gasteiger partial charge in [0.15, 0.2) is 0 Å². The van der Waals surface area contributed by atoms with Crippen LogP contribution in [0.5, 0.6) is 0 Å². The Morgan fingerprint density at radius 1 is 0.852 bits per heavy atom. The number of hydrogen-bond donors (Lipinski definition) is 0. The van der Waals surface area contributed by atoms with Gasteiger partial charge in [-0.2, -0.15) is 0 Å². The van der Waals surface area contributed by atoms with Gasteiger partial charge in [0.2, 0.25) is 0 Å². The second kappa shape index (κ2) is 9.22. The predicted molar refractivity (Wildman–Crippen MR) is 110 cm³/mol. The first-order valence-corrected chi connectivity index (χ1v) is 8.74. The number of esters is 1. The van der Waals surface area contributed by atoms with Crippen molar-refractivity contribution in [2.75, 3.05) is 7.11 Å². The molecular formula is C25H20O2. The summed E-state index contributed by atoms with van der Waals surface area (Å²) in [7, 11) is 1.39. The maximum absolute atomic E-state index is 12.1. The van der Waals surface area contributed by atoms with E-state index in [4.69, 9.17) is 4.74 Å². The summed E-state index contributed by atoms with van der Waals surface area (Å²) < 4.78 is 4.91. The van der Waals surface area contributed by atoms with E-state index in [0.29, 0.717) is 12.0 Å². The van der Waals surface area contributed by atoms with Crippen LogP contribution in [-0.2, 0) is 9.53 Å². The number of hydrogen-bond acceptors (Lipinski definition) is 2. The number of carbonyl (C=O) groups is 1. The standard InChI is InChI=1S/C25H20O2/c1-27-25(26)24(14-8-11-20-9-4-2-5-10-20)19-21-15-17-23(18-16-21)22-12-6-3-7-13-22/h2-7,9-10,12-13,15-19H,14H2,1H3/b24-19+. The molecule has 0 saturated carbocycles. The van der Waals surface area contributed by atoms with E-state index in [9.17, 15) is 4.79 Å². The van der Waals surface area contributed by atoms with Crippen LogP contribution in [0.15, 0.2) is 90.5 Å². The molecule has 0 N–H and O–H groups in total. The molecule has 0 aliphatic heterocycles. The van der Waals surface area contributed by atoms with Crippen molar-refractivity contribution in [1.29, 1.82) is 0 Å². The smallest absolute Gasteiger partial charge is 0.334 e. The molecule has 0 saturated heterocycles. The lowest BCUT2D eigenvalue weighted by atomic mass is 10.0. The maximum atomic E-state index is 12.1. The molecule has 0 unspecified atom stereocenters. The van der Waals surface area contributed by atoms with E-state index in [1.54, 1.807) is 0 Å². The van der Waals surface area contributed by atoms with Crippen molar-refractivity contribution in [2.24, 2.45) is 0 Å². The number of methoxy groups -OCH3 is 1. The summed E-state index contributed by atoms with van der Waals surface area (Å²) in [5.74, 6) is 5.77. The Hall–Kier alpha value is -3.57. The Bertz CT molecular complexity index is 973. The molecule has 3 aromatic carbocycles. The van der Waals surface area contributed by atoms with Gasteiger partial charge in [-0.15, -0.1) is 0 Å². The Balaban J connectivity index is 1.79. The fourth-order valence-corrected chi connectivity index (χ4v) is 2.68. The first-order valence-electron chi connectivity index (χ1n) is 8.74. The monoisotopic (exact) mass is 352 g/mol. The second-order valence-corrected chi connectivity index (χ2v) is 5.99. The van der Waals surface area contributed by atoms with E-state index in [1.165, 1.54) is 7.11 Å². The van der Waals surface area contributed by atoms with Crippen molar-refractivity contribution in [3.05, 3.63) is 102 Å². The minimum atomic E-state index is -0.357. The number of ether oxygens (including phenoxy) is 1. The van der Waals surface area contributed by atoms with Gasteiger partial charge >= 0.3 is 5.97 Å². The molecule has 27 heavy (non-hydrogen) atoms. The molecule has 3 rings (SSSR count). The van der Waals surface area contributed by atoms with E-state index < -0.39 is 0 Å². The summed E-state index contributed by atoms with van der Waals surface area (Å²) in [5, 5.41) is 0. The lowest BCUT2D eigenvalue weighted by Gasteiger charge is -2.04. The average Bonchev–Trinajstić information content (AvgIpc) is 2.74. The molecule has 0 spiro atoms. The fraction of sp³-hybridized carbons (Fsp3) is 0.0800. The summed E-state index contributed by atoms with van der Waals surface area (Å²) in [5.41, 5.74) is 4.70. The Kier molecular flexibility index (Phi) is 6.22. The van der Waals surface area contributed by atoms with Crippen LogP contribution < -0.4 is 0 Å². The van der Waals surface area contributed by atoms with Crippen molar-refractivity contribution in [2.45, 2.75) is 6.42 Å². The zero-order valence-electron chi connectivity index (χ0n) is 15.2. The van der Waals surface area contributed by atoms with Gasteiger partial charge < -0.3 is 4.74 Å². The highest BCUT2D eigenvalue weighted by atomic mass is 16.5. The van der Waals surface area contributed by atoms with Gasteiger partial charge in [-0.25, -0.2) is 4.79 Å². The Labute approximate surface area is 160 Å². The number of rotatable bonds is 4. The van der Waals surface area contributed by atoms with Gasteiger partial charge in [0, 0.05) is 17.6 Å². The van der Waals surface area contributed by atoms with Crippen LogP contribution in [0.25, 0.3) is 17.2 Å². The summed E-state index contributed by atoms with van der Waals surface area (Å²) in [4.78, 5) is 12.1. The van der Waals surface area contributed by atoms with Crippen LogP contribution >= 0.6 is 0 Å². The van der Waals surface area contributed by atoms with Crippen molar-refractivity contribution < 1.29 is 9.53 Å². The summed E-state index contributed by atoms with van der Waals surface area (Å²) in [6, 6.07) is 28.0. The van der Waals surface area contributed by atoms with Gasteiger partial charge in [0.1, 0.15) is 0 Å². The lowest BCUT2D eigenvalue weighted by molar-refractivity contribution is -0.136. The lowest BCUT2D eigenvalue weighted by Crippen LogP contribution is -2.04. The van der Waals surface area contributed by atoms with Crippen LogP contribution in [-0.4, -0.2) is 13.1 Å². The van der Waals surface area contributed by atoms with E-state index >= 15 is 0 Å². The first kappa shape index (κ1) is 18.2. The van der Waals surface area contributed by atoms with Gasteiger partial charge in [-0.05, 0) is 34.9 Å². The zero-order chi connectivity index (χ0) is 18.9. The molecule has 0 aliphatic rings. The van der Waals surface area contributed by atoms with Crippen molar-refractivity contribution >= 4 is 12.0 Å². The largest absolute Gasteiger partial charge is 0.466 e. The minimum Gasteiger partial charge on any atom is -0.466 e. The van der Waals surface area contributed by atoms with Gasteiger partial charge in [0.05, 0.1) is 7.11 Å². The molecule has 0 radical (unpaired) electrons. The topological polar surface area (TPSA) is 26.3 Å². The summed E-state index contributed by atoms with van der Waals surface area (Å²) in [6.45, 7) is 0. The third-order valence-corrected chi connectivity index (χ3v) is 4.09. The Morgan fingerprint density at radius 2 is 1.44 bits per heavy atom. The SMILES string of the molecule is COC(=O)/C(=C/c1ccc(-c2ccccc2)cc1)CC#Cc1ccccc1. The first-order chi connectivity index (χ1) is 13.3. The van der Waals surface area contributed by atoms with E-state index in [1.807, 2.05) is 78.9 Å². The maximum Gasteiger partial charge on any atom is 0.334 e. The highest BCUT2D eigenvalue weighted by Gasteiger charge is 2.08. The third kappa shape index (κ3) is 5.20. The fourth-order valence-electron chi connectivity index (χ4n) is 2.68. The van der Waals surface area contributed by atoms with E-state index in [0.717, 1.165) is 22.3 Å². The van der Waals surface area contributed by atoms with E-state index in [-0.39, 0.29) is 5.97 Å². The molecule has 0 aromatic heterocycles. The molecule has 2 heteroatoms. The third-order valence-electron chi connectivity index (χ3n) is 4.09. The highest BCUT2D eigenvalue weighted by Crippen LogP contribution is 2.20. The molecule has 0 heterocycles. The molecule has 0 atom stereocenters.